The monoisotopic (exact) mass is 231 g/mol. The Bertz CT molecular complexity index is 134. The van der Waals surface area contributed by atoms with Gasteiger partial charge < -0.3 is 5.32 Å². The van der Waals surface area contributed by atoms with Crippen molar-refractivity contribution in [1.82, 2.24) is 5.32 Å². The first-order valence-electron chi connectivity index (χ1n) is 6.25. The topological polar surface area (TPSA) is 12.0 Å². The highest BCUT2D eigenvalue weighted by Gasteiger charge is 2.10. The zero-order valence-electron chi connectivity index (χ0n) is 11.2. The molecule has 0 radical (unpaired) electrons. The van der Waals surface area contributed by atoms with E-state index in [0.717, 1.165) is 24.3 Å². The molecule has 1 N–H and O–H groups in total. The molecule has 0 aliphatic rings. The van der Waals surface area contributed by atoms with Gasteiger partial charge in [-0.2, -0.15) is 11.8 Å². The van der Waals surface area contributed by atoms with Crippen molar-refractivity contribution in [1.29, 1.82) is 0 Å². The molecule has 0 saturated heterocycles. The van der Waals surface area contributed by atoms with Crippen LogP contribution < -0.4 is 5.32 Å². The minimum absolute atomic E-state index is 0.769. The molecule has 0 aliphatic carbocycles. The lowest BCUT2D eigenvalue weighted by Gasteiger charge is -2.20. The number of thioether (sulfide) groups is 1. The lowest BCUT2D eigenvalue weighted by Crippen LogP contribution is -2.27. The third-order valence-electron chi connectivity index (χ3n) is 2.52. The number of hydrogen-bond donors (Lipinski definition) is 1. The summed E-state index contributed by atoms with van der Waals surface area (Å²) in [5, 5.41) is 3.59. The van der Waals surface area contributed by atoms with Gasteiger partial charge >= 0.3 is 0 Å². The van der Waals surface area contributed by atoms with Gasteiger partial charge in [0.15, 0.2) is 0 Å². The van der Waals surface area contributed by atoms with Crippen LogP contribution in [0.15, 0.2) is 0 Å². The van der Waals surface area contributed by atoms with E-state index in [2.05, 4.69) is 39.3 Å². The van der Waals surface area contributed by atoms with Crippen LogP contribution in [0.1, 0.15) is 40.5 Å². The van der Waals surface area contributed by atoms with Crippen molar-refractivity contribution in [2.24, 2.45) is 17.8 Å². The average Bonchev–Trinajstić information content (AvgIpc) is 2.12. The predicted octanol–water partition coefficient (Wildman–Crippen LogP) is 3.65. The number of hydrogen-bond acceptors (Lipinski definition) is 2. The molecule has 0 aliphatic heterocycles. The van der Waals surface area contributed by atoms with E-state index in [0.29, 0.717) is 0 Å². The maximum atomic E-state index is 3.59. The Labute approximate surface area is 101 Å². The highest BCUT2D eigenvalue weighted by Crippen LogP contribution is 2.16. The summed E-state index contributed by atoms with van der Waals surface area (Å²) in [6, 6.07) is 0. The SMILES string of the molecule is CSCCC(CNCC(C)C)CC(C)C. The molecular formula is C13H29NS. The van der Waals surface area contributed by atoms with Gasteiger partial charge in [-0.15, -0.1) is 0 Å². The van der Waals surface area contributed by atoms with Crippen molar-refractivity contribution in [2.75, 3.05) is 25.1 Å². The highest BCUT2D eigenvalue weighted by atomic mass is 32.2. The van der Waals surface area contributed by atoms with E-state index in [-0.39, 0.29) is 0 Å². The summed E-state index contributed by atoms with van der Waals surface area (Å²) in [4.78, 5) is 0. The Morgan fingerprint density at radius 3 is 2.13 bits per heavy atom. The molecule has 15 heavy (non-hydrogen) atoms. The molecule has 0 fully saturated rings. The Balaban J connectivity index is 3.69. The van der Waals surface area contributed by atoms with Crippen molar-refractivity contribution in [3.8, 4) is 0 Å². The zero-order valence-corrected chi connectivity index (χ0v) is 12.0. The molecule has 2 heteroatoms. The van der Waals surface area contributed by atoms with Gasteiger partial charge in [-0.1, -0.05) is 27.7 Å². The predicted molar refractivity (Wildman–Crippen MR) is 73.7 cm³/mol. The van der Waals surface area contributed by atoms with Gasteiger partial charge in [0.25, 0.3) is 0 Å². The first-order chi connectivity index (χ1) is 7.06. The summed E-state index contributed by atoms with van der Waals surface area (Å²) < 4.78 is 0. The first kappa shape index (κ1) is 15.3. The maximum Gasteiger partial charge on any atom is -0.00200 e. The van der Waals surface area contributed by atoms with Gasteiger partial charge in [0, 0.05) is 0 Å². The van der Waals surface area contributed by atoms with Crippen LogP contribution in [-0.2, 0) is 0 Å². The summed E-state index contributed by atoms with van der Waals surface area (Å²) in [5.41, 5.74) is 0. The summed E-state index contributed by atoms with van der Waals surface area (Å²) in [7, 11) is 0. The van der Waals surface area contributed by atoms with Crippen molar-refractivity contribution < 1.29 is 0 Å². The first-order valence-corrected chi connectivity index (χ1v) is 7.65. The molecule has 0 spiro atoms. The quantitative estimate of drug-likeness (QED) is 0.650. The third kappa shape index (κ3) is 10.6. The molecule has 1 nitrogen and oxygen atoms in total. The van der Waals surface area contributed by atoms with E-state index < -0.39 is 0 Å². The molecule has 1 unspecified atom stereocenters. The van der Waals surface area contributed by atoms with Crippen molar-refractivity contribution >= 4 is 11.8 Å². The van der Waals surface area contributed by atoms with Crippen molar-refractivity contribution in [3.05, 3.63) is 0 Å². The molecule has 0 amide bonds. The molecule has 0 heterocycles. The van der Waals surface area contributed by atoms with Gasteiger partial charge in [0.05, 0.1) is 0 Å². The van der Waals surface area contributed by atoms with Gasteiger partial charge in [-0.05, 0) is 55.7 Å². The summed E-state index contributed by atoms with van der Waals surface area (Å²) in [6.45, 7) is 11.6. The smallest absolute Gasteiger partial charge is 0.00200 e. The fourth-order valence-electron chi connectivity index (χ4n) is 1.83. The Hall–Kier alpha value is 0.310. The lowest BCUT2D eigenvalue weighted by atomic mass is 9.94. The van der Waals surface area contributed by atoms with Crippen LogP contribution in [0.5, 0.6) is 0 Å². The number of nitrogens with one attached hydrogen (secondary N) is 1. The van der Waals surface area contributed by atoms with Crippen LogP contribution in [0, 0.1) is 17.8 Å². The fraction of sp³-hybridized carbons (Fsp3) is 1.00. The van der Waals surface area contributed by atoms with Crippen LogP contribution in [-0.4, -0.2) is 25.1 Å². The third-order valence-corrected chi connectivity index (χ3v) is 3.16. The molecule has 0 aromatic carbocycles. The summed E-state index contributed by atoms with van der Waals surface area (Å²) in [6.07, 6.45) is 4.93. The van der Waals surface area contributed by atoms with Gasteiger partial charge in [0.1, 0.15) is 0 Å². The largest absolute Gasteiger partial charge is 0.316 e. The van der Waals surface area contributed by atoms with Gasteiger partial charge in [-0.25, -0.2) is 0 Å². The van der Waals surface area contributed by atoms with E-state index in [1.165, 1.54) is 25.1 Å². The fourth-order valence-corrected chi connectivity index (χ4v) is 2.40. The van der Waals surface area contributed by atoms with E-state index in [1.807, 2.05) is 11.8 Å². The van der Waals surface area contributed by atoms with Crippen molar-refractivity contribution in [2.45, 2.75) is 40.5 Å². The molecule has 0 saturated carbocycles. The molecular weight excluding hydrogens is 202 g/mol. The van der Waals surface area contributed by atoms with E-state index >= 15 is 0 Å². The minimum Gasteiger partial charge on any atom is -0.316 e. The summed E-state index contributed by atoms with van der Waals surface area (Å²) >= 11 is 1.97. The van der Waals surface area contributed by atoms with Crippen LogP contribution in [0.25, 0.3) is 0 Å². The normalized spacial score (nSPS) is 13.8. The second-order valence-corrected chi connectivity index (χ2v) is 6.31. The second kappa shape index (κ2) is 9.53. The molecule has 0 aromatic heterocycles. The lowest BCUT2D eigenvalue weighted by molar-refractivity contribution is 0.371. The standard InChI is InChI=1S/C13H29NS/c1-11(2)8-13(6-7-15-5)10-14-9-12(3)4/h11-14H,6-10H2,1-5H3. The van der Waals surface area contributed by atoms with Crippen LogP contribution >= 0.6 is 11.8 Å². The average molecular weight is 231 g/mol. The van der Waals surface area contributed by atoms with Crippen LogP contribution in [0.2, 0.25) is 0 Å². The Morgan fingerprint density at radius 1 is 1.00 bits per heavy atom. The van der Waals surface area contributed by atoms with Crippen LogP contribution in [0.3, 0.4) is 0 Å². The molecule has 0 aromatic rings. The van der Waals surface area contributed by atoms with E-state index in [9.17, 15) is 0 Å². The molecule has 92 valence electrons. The second-order valence-electron chi connectivity index (χ2n) is 5.33. The Kier molecular flexibility index (Phi) is 9.73. The van der Waals surface area contributed by atoms with E-state index in [4.69, 9.17) is 0 Å². The van der Waals surface area contributed by atoms with Crippen LogP contribution in [0.4, 0.5) is 0 Å². The minimum atomic E-state index is 0.769. The molecule has 0 bridgehead atoms. The van der Waals surface area contributed by atoms with Gasteiger partial charge in [0.2, 0.25) is 0 Å². The van der Waals surface area contributed by atoms with Crippen molar-refractivity contribution in [3.63, 3.8) is 0 Å². The Morgan fingerprint density at radius 2 is 1.67 bits per heavy atom. The molecule has 0 rings (SSSR count). The van der Waals surface area contributed by atoms with Gasteiger partial charge in [-0.3, -0.25) is 0 Å². The number of rotatable bonds is 9. The summed E-state index contributed by atoms with van der Waals surface area (Å²) in [5.74, 6) is 3.78. The maximum absolute atomic E-state index is 3.59. The zero-order chi connectivity index (χ0) is 11.7. The molecule has 1 atom stereocenters. The highest BCUT2D eigenvalue weighted by molar-refractivity contribution is 7.98. The van der Waals surface area contributed by atoms with E-state index in [1.54, 1.807) is 0 Å².